The highest BCUT2D eigenvalue weighted by Gasteiger charge is 2.15. The van der Waals surface area contributed by atoms with Crippen molar-refractivity contribution in [2.24, 2.45) is 0 Å². The first-order valence-electron chi connectivity index (χ1n) is 11.5. The number of allylic oxidation sites excluding steroid dienone is 2. The van der Waals surface area contributed by atoms with E-state index < -0.39 is 0 Å². The lowest BCUT2D eigenvalue weighted by Crippen LogP contribution is -2.03. The monoisotopic (exact) mass is 444 g/mol. The predicted molar refractivity (Wildman–Crippen MR) is 132 cm³/mol. The van der Waals surface area contributed by atoms with E-state index >= 15 is 0 Å². The smallest absolute Gasteiger partial charge is 0.192 e. The molecule has 4 heteroatoms. The number of aryl methyl sites for hydroxylation is 1. The molecule has 0 atom stereocenters. The van der Waals surface area contributed by atoms with Crippen LogP contribution in [0.3, 0.4) is 0 Å². The molecule has 0 unspecified atom stereocenters. The van der Waals surface area contributed by atoms with E-state index in [4.69, 9.17) is 9.47 Å². The summed E-state index contributed by atoms with van der Waals surface area (Å²) in [5.41, 5.74) is 2.54. The Hall–Kier alpha value is -3.53. The zero-order valence-electron chi connectivity index (χ0n) is 19.2. The number of hydrogen-bond donors (Lipinski definition) is 1. The van der Waals surface area contributed by atoms with Crippen molar-refractivity contribution in [2.45, 2.75) is 45.1 Å². The van der Waals surface area contributed by atoms with Gasteiger partial charge < -0.3 is 14.6 Å². The largest absolute Gasteiger partial charge is 0.507 e. The summed E-state index contributed by atoms with van der Waals surface area (Å²) in [7, 11) is 1.68. The third-order valence-corrected chi connectivity index (χ3v) is 5.50. The average molecular weight is 445 g/mol. The molecule has 0 aliphatic heterocycles. The van der Waals surface area contributed by atoms with Crippen molar-refractivity contribution in [3.63, 3.8) is 0 Å². The quantitative estimate of drug-likeness (QED) is 0.177. The Morgan fingerprint density at radius 3 is 2.36 bits per heavy atom. The maximum Gasteiger partial charge on any atom is 0.192 e. The lowest BCUT2D eigenvalue weighted by atomic mass is 10.0. The van der Waals surface area contributed by atoms with Crippen molar-refractivity contribution >= 4 is 5.78 Å². The number of unbranched alkanes of at least 4 members (excludes halogenated alkanes) is 4. The molecule has 0 heterocycles. The second-order valence-electron chi connectivity index (χ2n) is 7.99. The number of phenols is 1. The molecule has 3 aromatic carbocycles. The van der Waals surface area contributed by atoms with Crippen LogP contribution in [0.4, 0.5) is 0 Å². The van der Waals surface area contributed by atoms with Gasteiger partial charge in [-0.3, -0.25) is 4.79 Å². The number of methoxy groups -OCH3 is 1. The van der Waals surface area contributed by atoms with E-state index in [-0.39, 0.29) is 17.1 Å². The molecule has 0 fully saturated rings. The minimum Gasteiger partial charge on any atom is -0.507 e. The van der Waals surface area contributed by atoms with Gasteiger partial charge in [0.25, 0.3) is 0 Å². The van der Waals surface area contributed by atoms with Crippen LogP contribution in [0, 0.1) is 0 Å². The Balaban J connectivity index is 1.40. The summed E-state index contributed by atoms with van der Waals surface area (Å²) in [6, 6.07) is 22.9. The number of ketones is 1. The van der Waals surface area contributed by atoms with E-state index in [1.807, 2.05) is 48.5 Å². The van der Waals surface area contributed by atoms with Gasteiger partial charge in [-0.25, -0.2) is 0 Å². The SMILES string of the molecule is COc1ccc(CCCCCC/C=C/C(=O)c2c(O)cccc2OCc2ccccc2)cc1. The summed E-state index contributed by atoms with van der Waals surface area (Å²) < 4.78 is 11.0. The van der Waals surface area contributed by atoms with Crippen molar-refractivity contribution in [2.75, 3.05) is 7.11 Å². The molecule has 0 radical (unpaired) electrons. The van der Waals surface area contributed by atoms with Gasteiger partial charge in [0, 0.05) is 0 Å². The van der Waals surface area contributed by atoms with E-state index in [9.17, 15) is 9.90 Å². The highest BCUT2D eigenvalue weighted by atomic mass is 16.5. The first-order valence-corrected chi connectivity index (χ1v) is 11.5. The Morgan fingerprint density at radius 1 is 0.848 bits per heavy atom. The number of benzene rings is 3. The molecule has 0 aliphatic rings. The number of carbonyl (C=O) groups excluding carboxylic acids is 1. The van der Waals surface area contributed by atoms with Crippen molar-refractivity contribution in [1.29, 1.82) is 0 Å². The van der Waals surface area contributed by atoms with E-state index in [1.165, 1.54) is 11.6 Å². The average Bonchev–Trinajstić information content (AvgIpc) is 2.85. The summed E-state index contributed by atoms with van der Waals surface area (Å²) >= 11 is 0. The van der Waals surface area contributed by atoms with Crippen molar-refractivity contribution in [3.05, 3.63) is 102 Å². The third kappa shape index (κ3) is 7.83. The van der Waals surface area contributed by atoms with Gasteiger partial charge >= 0.3 is 0 Å². The Bertz CT molecular complexity index is 1020. The summed E-state index contributed by atoms with van der Waals surface area (Å²) in [4.78, 5) is 12.7. The van der Waals surface area contributed by atoms with Crippen LogP contribution in [0.2, 0.25) is 0 Å². The van der Waals surface area contributed by atoms with Crippen LogP contribution in [0.15, 0.2) is 84.9 Å². The summed E-state index contributed by atoms with van der Waals surface area (Å²) in [6.45, 7) is 0.338. The van der Waals surface area contributed by atoms with Crippen molar-refractivity contribution < 1.29 is 19.4 Å². The third-order valence-electron chi connectivity index (χ3n) is 5.50. The maximum atomic E-state index is 12.7. The molecule has 3 rings (SSSR count). The Labute approximate surface area is 196 Å². The number of phenolic OH excluding ortho intramolecular Hbond substituents is 1. The van der Waals surface area contributed by atoms with Gasteiger partial charge in [0.2, 0.25) is 0 Å². The van der Waals surface area contributed by atoms with Crippen LogP contribution in [0.25, 0.3) is 0 Å². The van der Waals surface area contributed by atoms with Crippen LogP contribution in [-0.2, 0) is 13.0 Å². The normalized spacial score (nSPS) is 10.9. The van der Waals surface area contributed by atoms with Crippen molar-refractivity contribution in [1.82, 2.24) is 0 Å². The van der Waals surface area contributed by atoms with Crippen LogP contribution in [0.1, 0.15) is 53.6 Å². The van der Waals surface area contributed by atoms with Gasteiger partial charge in [0.15, 0.2) is 5.78 Å². The molecule has 0 aromatic heterocycles. The number of ether oxygens (including phenoxy) is 2. The van der Waals surface area contributed by atoms with Gasteiger partial charge in [0.05, 0.1) is 7.11 Å². The number of carbonyl (C=O) groups is 1. The standard InChI is InChI=1S/C29H32O4/c1-32-25-20-18-23(19-21-25)12-7-4-2-3-5-10-15-26(30)29-27(31)16-11-17-28(29)33-22-24-13-8-6-9-14-24/h6,8-11,13-21,31H,2-5,7,12,22H2,1H3/b15-10+. The number of rotatable bonds is 13. The van der Waals surface area contributed by atoms with Gasteiger partial charge in [-0.2, -0.15) is 0 Å². The topological polar surface area (TPSA) is 55.8 Å². The molecule has 0 spiro atoms. The number of hydrogen-bond acceptors (Lipinski definition) is 4. The van der Waals surface area contributed by atoms with E-state index in [0.717, 1.165) is 49.8 Å². The van der Waals surface area contributed by atoms with Crippen LogP contribution < -0.4 is 9.47 Å². The molecule has 0 saturated heterocycles. The fraction of sp³-hybridized carbons (Fsp3) is 0.276. The van der Waals surface area contributed by atoms with E-state index in [1.54, 1.807) is 25.3 Å². The number of aromatic hydroxyl groups is 1. The molecular weight excluding hydrogens is 412 g/mol. The van der Waals surface area contributed by atoms with Gasteiger partial charge in [0.1, 0.15) is 29.4 Å². The lowest BCUT2D eigenvalue weighted by molar-refractivity contribution is 0.103. The predicted octanol–water partition coefficient (Wildman–Crippen LogP) is 6.91. The minimum absolute atomic E-state index is 0.0613. The summed E-state index contributed by atoms with van der Waals surface area (Å²) in [5, 5.41) is 10.2. The molecule has 1 N–H and O–H groups in total. The second-order valence-corrected chi connectivity index (χ2v) is 7.99. The van der Waals surface area contributed by atoms with Crippen LogP contribution >= 0.6 is 0 Å². The van der Waals surface area contributed by atoms with Crippen molar-refractivity contribution in [3.8, 4) is 17.2 Å². The van der Waals surface area contributed by atoms with Crippen LogP contribution in [0.5, 0.6) is 17.2 Å². The Kier molecular flexibility index (Phi) is 9.59. The highest BCUT2D eigenvalue weighted by Crippen LogP contribution is 2.29. The molecule has 172 valence electrons. The van der Waals surface area contributed by atoms with Crippen LogP contribution in [-0.4, -0.2) is 18.0 Å². The molecule has 33 heavy (non-hydrogen) atoms. The van der Waals surface area contributed by atoms with Gasteiger partial charge in [-0.05, 0) is 67.2 Å². The molecular formula is C29H32O4. The molecule has 0 amide bonds. The molecule has 4 nitrogen and oxygen atoms in total. The fourth-order valence-electron chi connectivity index (χ4n) is 3.63. The molecule has 3 aromatic rings. The first-order chi connectivity index (χ1) is 16.2. The highest BCUT2D eigenvalue weighted by molar-refractivity contribution is 6.08. The molecule has 0 saturated carbocycles. The zero-order chi connectivity index (χ0) is 23.3. The second kappa shape index (κ2) is 13.1. The fourth-order valence-corrected chi connectivity index (χ4v) is 3.63. The van der Waals surface area contributed by atoms with E-state index in [2.05, 4.69) is 12.1 Å². The zero-order valence-corrected chi connectivity index (χ0v) is 19.2. The van der Waals surface area contributed by atoms with Gasteiger partial charge in [-0.15, -0.1) is 0 Å². The van der Waals surface area contributed by atoms with E-state index in [0.29, 0.717) is 12.4 Å². The lowest BCUT2D eigenvalue weighted by Gasteiger charge is -2.11. The molecule has 0 aliphatic carbocycles. The molecule has 0 bridgehead atoms. The summed E-state index contributed by atoms with van der Waals surface area (Å²) in [5.74, 6) is 0.982. The summed E-state index contributed by atoms with van der Waals surface area (Å²) in [6.07, 6.45) is 9.79. The first kappa shape index (κ1) is 24.1. The van der Waals surface area contributed by atoms with Gasteiger partial charge in [-0.1, -0.05) is 67.4 Å². The Morgan fingerprint density at radius 2 is 1.61 bits per heavy atom. The minimum atomic E-state index is -0.240. The maximum absolute atomic E-state index is 12.7.